The zero-order valence-corrected chi connectivity index (χ0v) is 16.3. The van der Waals surface area contributed by atoms with Crippen molar-refractivity contribution in [1.29, 1.82) is 0 Å². The molecule has 2 saturated heterocycles. The van der Waals surface area contributed by atoms with Crippen LogP contribution in [0.2, 0.25) is 0 Å². The molecule has 3 heterocycles. The topological polar surface area (TPSA) is 41.4 Å². The normalized spacial score (nSPS) is 26.5. The van der Waals surface area contributed by atoms with Crippen molar-refractivity contribution in [3.63, 3.8) is 0 Å². The summed E-state index contributed by atoms with van der Waals surface area (Å²) in [6, 6.07) is 0.759. The molecule has 26 heavy (non-hydrogen) atoms. The zero-order valence-electron chi connectivity index (χ0n) is 16.3. The number of aryl methyl sites for hydroxylation is 1. The molecule has 1 amide bonds. The summed E-state index contributed by atoms with van der Waals surface area (Å²) in [5, 5.41) is 0. The van der Waals surface area contributed by atoms with Gasteiger partial charge >= 0.3 is 0 Å². The van der Waals surface area contributed by atoms with E-state index in [1.165, 1.54) is 38.6 Å². The molecule has 3 aliphatic rings. The van der Waals surface area contributed by atoms with Crippen molar-refractivity contribution in [2.75, 3.05) is 26.2 Å². The highest BCUT2D eigenvalue weighted by Gasteiger charge is 2.34. The van der Waals surface area contributed by atoms with Gasteiger partial charge in [0.05, 0.1) is 5.92 Å². The molecule has 0 N–H and O–H groups in total. The third-order valence-electron chi connectivity index (χ3n) is 6.95. The van der Waals surface area contributed by atoms with Crippen molar-refractivity contribution in [1.82, 2.24) is 19.4 Å². The number of imidazole rings is 1. The third kappa shape index (κ3) is 3.98. The van der Waals surface area contributed by atoms with Crippen molar-refractivity contribution in [2.45, 2.75) is 70.9 Å². The number of carbonyl (C=O) groups is 1. The van der Waals surface area contributed by atoms with Gasteiger partial charge in [-0.15, -0.1) is 0 Å². The SMILES string of the molecule is Cc1nccn1CC1CCN(C(=O)C2CCCN(C3CCCC3)C2)CC1. The Morgan fingerprint density at radius 1 is 1.08 bits per heavy atom. The van der Waals surface area contributed by atoms with E-state index in [2.05, 4.69) is 32.5 Å². The second-order valence-corrected chi connectivity index (χ2v) is 8.67. The molecule has 1 unspecified atom stereocenters. The molecule has 1 aromatic rings. The monoisotopic (exact) mass is 358 g/mol. The largest absolute Gasteiger partial charge is 0.342 e. The van der Waals surface area contributed by atoms with Gasteiger partial charge in [0.15, 0.2) is 0 Å². The van der Waals surface area contributed by atoms with Crippen LogP contribution >= 0.6 is 0 Å². The number of hydrogen-bond acceptors (Lipinski definition) is 3. The average Bonchev–Trinajstić information content (AvgIpc) is 3.35. The zero-order chi connectivity index (χ0) is 17.9. The predicted molar refractivity (Wildman–Crippen MR) is 103 cm³/mol. The molecule has 0 spiro atoms. The number of rotatable bonds is 4. The number of hydrogen-bond donors (Lipinski definition) is 0. The summed E-state index contributed by atoms with van der Waals surface area (Å²) in [6.07, 6.45) is 14.0. The van der Waals surface area contributed by atoms with Crippen molar-refractivity contribution < 1.29 is 4.79 Å². The van der Waals surface area contributed by atoms with Crippen LogP contribution in [0.3, 0.4) is 0 Å². The molecular formula is C21H34N4O. The van der Waals surface area contributed by atoms with Crippen LogP contribution in [-0.4, -0.2) is 57.5 Å². The van der Waals surface area contributed by atoms with Gasteiger partial charge in [-0.05, 0) is 57.9 Å². The molecule has 1 atom stereocenters. The lowest BCUT2D eigenvalue weighted by Gasteiger charge is -2.39. The van der Waals surface area contributed by atoms with E-state index in [0.29, 0.717) is 11.8 Å². The van der Waals surface area contributed by atoms with E-state index in [-0.39, 0.29) is 5.92 Å². The average molecular weight is 359 g/mol. The van der Waals surface area contributed by atoms with Gasteiger partial charge in [-0.25, -0.2) is 4.98 Å². The van der Waals surface area contributed by atoms with Gasteiger partial charge in [-0.1, -0.05) is 12.8 Å². The molecule has 1 saturated carbocycles. The van der Waals surface area contributed by atoms with E-state index in [0.717, 1.165) is 57.3 Å². The number of amides is 1. The maximum Gasteiger partial charge on any atom is 0.226 e. The van der Waals surface area contributed by atoms with Crippen molar-refractivity contribution in [2.24, 2.45) is 11.8 Å². The fourth-order valence-corrected chi connectivity index (χ4v) is 5.28. The molecule has 144 valence electrons. The van der Waals surface area contributed by atoms with E-state index >= 15 is 0 Å². The Bertz CT molecular complexity index is 599. The Balaban J connectivity index is 1.27. The molecule has 5 heteroatoms. The Hall–Kier alpha value is -1.36. The summed E-state index contributed by atoms with van der Waals surface area (Å²) in [7, 11) is 0. The van der Waals surface area contributed by atoms with E-state index in [4.69, 9.17) is 0 Å². The van der Waals surface area contributed by atoms with Gasteiger partial charge in [0.25, 0.3) is 0 Å². The van der Waals surface area contributed by atoms with Gasteiger partial charge in [0.1, 0.15) is 5.82 Å². The fraction of sp³-hybridized carbons (Fsp3) is 0.810. The second kappa shape index (κ2) is 8.12. The van der Waals surface area contributed by atoms with Crippen LogP contribution in [0.1, 0.15) is 57.2 Å². The van der Waals surface area contributed by atoms with Gasteiger partial charge in [-0.3, -0.25) is 9.69 Å². The molecule has 4 rings (SSSR count). The van der Waals surface area contributed by atoms with E-state index in [1.54, 1.807) is 0 Å². The molecule has 1 aliphatic carbocycles. The van der Waals surface area contributed by atoms with E-state index < -0.39 is 0 Å². The molecule has 0 radical (unpaired) electrons. The predicted octanol–water partition coefficient (Wildman–Crippen LogP) is 3.08. The Labute approximate surface area is 157 Å². The van der Waals surface area contributed by atoms with Gasteiger partial charge in [0, 0.05) is 44.6 Å². The molecule has 0 aromatic carbocycles. The molecule has 3 fully saturated rings. The number of likely N-dealkylation sites (tertiary alicyclic amines) is 2. The molecule has 0 bridgehead atoms. The van der Waals surface area contributed by atoms with Gasteiger partial charge in [0.2, 0.25) is 5.91 Å². The van der Waals surface area contributed by atoms with E-state index in [1.807, 2.05) is 6.20 Å². The highest BCUT2D eigenvalue weighted by Crippen LogP contribution is 2.29. The molecule has 5 nitrogen and oxygen atoms in total. The molecule has 2 aliphatic heterocycles. The first-order valence-electron chi connectivity index (χ1n) is 10.7. The van der Waals surface area contributed by atoms with Crippen LogP contribution in [0.15, 0.2) is 12.4 Å². The highest BCUT2D eigenvalue weighted by atomic mass is 16.2. The highest BCUT2D eigenvalue weighted by molar-refractivity contribution is 5.79. The van der Waals surface area contributed by atoms with Crippen LogP contribution in [0.4, 0.5) is 0 Å². The lowest BCUT2D eigenvalue weighted by atomic mass is 9.92. The number of nitrogens with zero attached hydrogens (tertiary/aromatic N) is 4. The number of piperidine rings is 2. The second-order valence-electron chi connectivity index (χ2n) is 8.67. The maximum absolute atomic E-state index is 13.1. The summed E-state index contributed by atoms with van der Waals surface area (Å²) >= 11 is 0. The van der Waals surface area contributed by atoms with Crippen molar-refractivity contribution >= 4 is 5.91 Å². The van der Waals surface area contributed by atoms with Crippen LogP contribution in [-0.2, 0) is 11.3 Å². The van der Waals surface area contributed by atoms with Crippen LogP contribution in [0, 0.1) is 18.8 Å². The quantitative estimate of drug-likeness (QED) is 0.830. The lowest BCUT2D eigenvalue weighted by Crippen LogP contribution is -2.49. The summed E-state index contributed by atoms with van der Waals surface area (Å²) < 4.78 is 2.25. The maximum atomic E-state index is 13.1. The minimum Gasteiger partial charge on any atom is -0.342 e. The van der Waals surface area contributed by atoms with Crippen molar-refractivity contribution in [3.05, 3.63) is 18.2 Å². The summed E-state index contributed by atoms with van der Waals surface area (Å²) in [6.45, 7) is 7.22. The minimum absolute atomic E-state index is 0.247. The van der Waals surface area contributed by atoms with Gasteiger partial charge in [-0.2, -0.15) is 0 Å². The summed E-state index contributed by atoms with van der Waals surface area (Å²) in [5.41, 5.74) is 0. The third-order valence-corrected chi connectivity index (χ3v) is 6.95. The fourth-order valence-electron chi connectivity index (χ4n) is 5.28. The molecular weight excluding hydrogens is 324 g/mol. The first kappa shape index (κ1) is 18.0. The Morgan fingerprint density at radius 2 is 1.85 bits per heavy atom. The molecule has 1 aromatic heterocycles. The van der Waals surface area contributed by atoms with Crippen LogP contribution in [0.5, 0.6) is 0 Å². The minimum atomic E-state index is 0.247. The van der Waals surface area contributed by atoms with Crippen molar-refractivity contribution in [3.8, 4) is 0 Å². The number of carbonyl (C=O) groups excluding carboxylic acids is 1. The first-order valence-corrected chi connectivity index (χ1v) is 10.7. The smallest absolute Gasteiger partial charge is 0.226 e. The van der Waals surface area contributed by atoms with E-state index in [9.17, 15) is 4.79 Å². The lowest BCUT2D eigenvalue weighted by molar-refractivity contribution is -0.139. The first-order chi connectivity index (χ1) is 12.7. The Kier molecular flexibility index (Phi) is 5.63. The Morgan fingerprint density at radius 3 is 2.54 bits per heavy atom. The van der Waals surface area contributed by atoms with Crippen LogP contribution < -0.4 is 0 Å². The van der Waals surface area contributed by atoms with Gasteiger partial charge < -0.3 is 9.47 Å². The summed E-state index contributed by atoms with van der Waals surface area (Å²) in [5.74, 6) is 2.45. The summed E-state index contributed by atoms with van der Waals surface area (Å²) in [4.78, 5) is 22.2. The van der Waals surface area contributed by atoms with Crippen LogP contribution in [0.25, 0.3) is 0 Å². The number of aromatic nitrogens is 2. The standard InChI is InChI=1S/C21H34N4O/c1-17-22-10-14-24(17)15-18-8-12-23(13-9-18)21(26)19-5-4-11-25(16-19)20-6-2-3-7-20/h10,14,18-20H,2-9,11-13,15-16H2,1H3.